The molecule has 0 radical (unpaired) electrons. The number of amides is 1. The van der Waals surface area contributed by atoms with Crippen LogP contribution in [-0.4, -0.2) is 25.5 Å². The molecule has 3 rings (SSSR count). The van der Waals surface area contributed by atoms with Crippen molar-refractivity contribution >= 4 is 41.0 Å². The van der Waals surface area contributed by atoms with E-state index in [1.54, 1.807) is 13.3 Å². The molecule has 6 nitrogen and oxygen atoms in total. The Morgan fingerprint density at radius 1 is 1.22 bits per heavy atom. The summed E-state index contributed by atoms with van der Waals surface area (Å²) in [5.74, 6) is 0.817. The number of hydrogen-bond acceptors (Lipinski definition) is 6. The summed E-state index contributed by atoms with van der Waals surface area (Å²) in [7, 11) is 1.61. The predicted molar refractivity (Wildman–Crippen MR) is 110 cm³/mol. The maximum absolute atomic E-state index is 12.5. The molecule has 0 aliphatic heterocycles. The minimum atomic E-state index is -0.341. The summed E-state index contributed by atoms with van der Waals surface area (Å²) >= 11 is 2.88. The molecule has 0 bridgehead atoms. The molecule has 27 heavy (non-hydrogen) atoms. The van der Waals surface area contributed by atoms with Gasteiger partial charge in [0.05, 0.1) is 13.3 Å². The first kappa shape index (κ1) is 18.9. The van der Waals surface area contributed by atoms with Gasteiger partial charge in [-0.05, 0) is 48.2 Å². The Kier molecular flexibility index (Phi) is 6.10. The number of thiazole rings is 1. The van der Waals surface area contributed by atoms with Gasteiger partial charge in [0.15, 0.2) is 4.88 Å². The lowest BCUT2D eigenvalue weighted by Crippen LogP contribution is -2.35. The molecule has 0 atom stereocenters. The number of nitrogens with one attached hydrogen (secondary N) is 1. The van der Waals surface area contributed by atoms with E-state index in [9.17, 15) is 4.79 Å². The molecule has 0 fully saturated rings. The van der Waals surface area contributed by atoms with Gasteiger partial charge in [-0.3, -0.25) is 10.5 Å². The van der Waals surface area contributed by atoms with Crippen molar-refractivity contribution in [3.8, 4) is 11.4 Å². The molecule has 0 unspecified atom stereocenters. The molecule has 0 aliphatic rings. The molecule has 2 aromatic carbocycles. The van der Waals surface area contributed by atoms with E-state index in [-0.39, 0.29) is 5.91 Å². The molecule has 0 saturated heterocycles. The molecule has 0 saturated carbocycles. The van der Waals surface area contributed by atoms with Crippen LogP contribution in [0, 0.1) is 0 Å². The molecule has 0 spiro atoms. The van der Waals surface area contributed by atoms with Crippen LogP contribution in [0.15, 0.2) is 64.0 Å². The van der Waals surface area contributed by atoms with E-state index in [0.717, 1.165) is 21.3 Å². The van der Waals surface area contributed by atoms with E-state index in [2.05, 4.69) is 10.5 Å². The Hall–Kier alpha value is -2.84. The lowest BCUT2D eigenvalue weighted by Gasteiger charge is -2.00. The van der Waals surface area contributed by atoms with Gasteiger partial charge in [0, 0.05) is 0 Å². The minimum absolute atomic E-state index is 0.341. The fourth-order valence-electron chi connectivity index (χ4n) is 2.41. The Balaban J connectivity index is 1.78. The van der Waals surface area contributed by atoms with E-state index < -0.39 is 0 Å². The van der Waals surface area contributed by atoms with Crippen molar-refractivity contribution in [1.82, 2.24) is 5.43 Å². The number of benzene rings is 2. The number of nitrogen functional groups attached to an aromatic ring is 1. The number of nitrogens with zero attached hydrogens (tertiary/aromatic N) is 2. The van der Waals surface area contributed by atoms with Gasteiger partial charge in [-0.25, -0.2) is 5.43 Å². The maximum Gasteiger partial charge on any atom is 0.302 e. The van der Waals surface area contributed by atoms with Gasteiger partial charge >= 0.3 is 5.82 Å². The SMILES string of the molecule is COc1ccc(/C=N/NC(=O)c2sc(SC)[n+](-c3ccccc3)c2N)cc1. The zero-order chi connectivity index (χ0) is 19.2. The van der Waals surface area contributed by atoms with Gasteiger partial charge in [-0.1, -0.05) is 41.3 Å². The van der Waals surface area contributed by atoms with Gasteiger partial charge in [-0.15, -0.1) is 0 Å². The Labute approximate surface area is 165 Å². The second-order valence-electron chi connectivity index (χ2n) is 5.43. The fourth-order valence-corrected chi connectivity index (χ4v) is 4.18. The molecule has 0 aliphatic carbocycles. The molecular formula is C19H19N4O2S2+. The van der Waals surface area contributed by atoms with Gasteiger partial charge in [0.1, 0.15) is 11.4 Å². The maximum atomic E-state index is 12.5. The third-order valence-corrected chi connectivity index (χ3v) is 5.97. The number of aromatic nitrogens is 1. The number of carbonyl (C=O) groups is 1. The summed E-state index contributed by atoms with van der Waals surface area (Å²) in [5.41, 5.74) is 10.6. The average molecular weight is 400 g/mol. The number of nitrogens with two attached hydrogens (primary N) is 1. The number of hydrazone groups is 1. The van der Waals surface area contributed by atoms with Crippen molar-refractivity contribution in [1.29, 1.82) is 0 Å². The summed E-state index contributed by atoms with van der Waals surface area (Å²) in [5, 5.41) is 4.02. The highest BCUT2D eigenvalue weighted by molar-refractivity contribution is 8.00. The van der Waals surface area contributed by atoms with E-state index in [4.69, 9.17) is 10.5 Å². The molecular weight excluding hydrogens is 380 g/mol. The molecule has 3 N–H and O–H groups in total. The highest BCUT2D eigenvalue weighted by atomic mass is 32.2. The second-order valence-corrected chi connectivity index (χ2v) is 7.48. The van der Waals surface area contributed by atoms with Crippen molar-refractivity contribution in [2.24, 2.45) is 5.10 Å². The summed E-state index contributed by atoms with van der Waals surface area (Å²) in [4.78, 5) is 13.0. The Morgan fingerprint density at radius 3 is 2.56 bits per heavy atom. The van der Waals surface area contributed by atoms with Crippen LogP contribution in [0.4, 0.5) is 5.82 Å². The van der Waals surface area contributed by atoms with E-state index >= 15 is 0 Å². The zero-order valence-electron chi connectivity index (χ0n) is 14.9. The number of carbonyl (C=O) groups excluding carboxylic acids is 1. The smallest absolute Gasteiger partial charge is 0.302 e. The van der Waals surface area contributed by atoms with Crippen LogP contribution in [0.25, 0.3) is 5.69 Å². The van der Waals surface area contributed by atoms with E-state index in [1.807, 2.05) is 65.4 Å². The van der Waals surface area contributed by atoms with Crippen LogP contribution in [0.5, 0.6) is 5.75 Å². The number of anilines is 1. The van der Waals surface area contributed by atoms with Crippen molar-refractivity contribution in [3.63, 3.8) is 0 Å². The van der Waals surface area contributed by atoms with Crippen molar-refractivity contribution in [2.45, 2.75) is 4.34 Å². The van der Waals surface area contributed by atoms with Gasteiger partial charge in [0.2, 0.25) is 4.34 Å². The molecule has 1 aromatic heterocycles. The molecule has 8 heteroatoms. The molecule has 1 heterocycles. The third-order valence-electron chi connectivity index (χ3n) is 3.74. The Bertz CT molecular complexity index is 954. The summed E-state index contributed by atoms with van der Waals surface area (Å²) in [6.45, 7) is 0. The highest BCUT2D eigenvalue weighted by Crippen LogP contribution is 2.27. The monoisotopic (exact) mass is 399 g/mol. The van der Waals surface area contributed by atoms with Crippen LogP contribution in [0.2, 0.25) is 0 Å². The van der Waals surface area contributed by atoms with Crippen LogP contribution in [0.3, 0.4) is 0 Å². The third kappa shape index (κ3) is 4.29. The second kappa shape index (κ2) is 8.70. The van der Waals surface area contributed by atoms with Crippen molar-refractivity contribution in [2.75, 3.05) is 19.1 Å². The minimum Gasteiger partial charge on any atom is -0.497 e. The first-order valence-electron chi connectivity index (χ1n) is 8.05. The van der Waals surface area contributed by atoms with Gasteiger partial charge in [0.25, 0.3) is 5.91 Å². The molecule has 1 amide bonds. The van der Waals surface area contributed by atoms with Gasteiger partial charge in [-0.2, -0.15) is 9.67 Å². The number of para-hydroxylation sites is 1. The van der Waals surface area contributed by atoms with Gasteiger partial charge < -0.3 is 4.74 Å². The lowest BCUT2D eigenvalue weighted by atomic mass is 10.2. The first-order chi connectivity index (χ1) is 13.1. The summed E-state index contributed by atoms with van der Waals surface area (Å²) < 4.78 is 7.90. The van der Waals surface area contributed by atoms with E-state index in [0.29, 0.717) is 10.7 Å². The Morgan fingerprint density at radius 2 is 1.93 bits per heavy atom. The zero-order valence-corrected chi connectivity index (χ0v) is 16.5. The number of methoxy groups -OCH3 is 1. The van der Waals surface area contributed by atoms with E-state index in [1.165, 1.54) is 23.1 Å². The summed E-state index contributed by atoms with van der Waals surface area (Å²) in [6, 6.07) is 17.1. The van der Waals surface area contributed by atoms with Crippen molar-refractivity contribution in [3.05, 3.63) is 65.0 Å². The van der Waals surface area contributed by atoms with Crippen LogP contribution in [-0.2, 0) is 0 Å². The first-order valence-corrected chi connectivity index (χ1v) is 10.1. The van der Waals surface area contributed by atoms with Crippen molar-refractivity contribution < 1.29 is 14.1 Å². The lowest BCUT2D eigenvalue weighted by molar-refractivity contribution is -0.613. The fraction of sp³-hybridized carbons (Fsp3) is 0.105. The predicted octanol–water partition coefficient (Wildman–Crippen LogP) is 3.10. The normalized spacial score (nSPS) is 10.9. The largest absolute Gasteiger partial charge is 0.497 e. The topological polar surface area (TPSA) is 80.6 Å². The van der Waals surface area contributed by atoms with Crippen LogP contribution < -0.4 is 20.5 Å². The number of thioether (sulfide) groups is 1. The molecule has 3 aromatic rings. The average Bonchev–Trinajstić information content (AvgIpc) is 3.05. The summed E-state index contributed by atoms with van der Waals surface area (Å²) in [6.07, 6.45) is 3.52. The quantitative estimate of drug-likeness (QED) is 0.289. The van der Waals surface area contributed by atoms with Crippen LogP contribution in [0.1, 0.15) is 15.2 Å². The highest BCUT2D eigenvalue weighted by Gasteiger charge is 2.27. The number of rotatable bonds is 6. The molecule has 138 valence electrons. The van der Waals surface area contributed by atoms with Crippen LogP contribution >= 0.6 is 23.1 Å². The number of hydrogen-bond donors (Lipinski definition) is 2. The standard InChI is InChI=1S/C19H18N4O2S2/c1-25-15-10-8-13(9-11-15)12-21-22-18(24)16-17(20)23(19(26-2)27-16)14-6-4-3-5-7-14/h3-12H,1-2H3,(H2-,20,22,24)/p+1/b21-12+. The number of ether oxygens (including phenoxy) is 1.